The molecule has 0 radical (unpaired) electrons. The predicted octanol–water partition coefficient (Wildman–Crippen LogP) is 4.91. The number of primary amides is 1. The maximum Gasteiger partial charge on any atom is 0.251 e. The van der Waals surface area contributed by atoms with Crippen LogP contribution in [0, 0.1) is 22.2 Å². The van der Waals surface area contributed by atoms with Crippen molar-refractivity contribution in [2.75, 3.05) is 25.1 Å². The number of hydrogen-bond donors (Lipinski definition) is 3. The van der Waals surface area contributed by atoms with Crippen molar-refractivity contribution in [2.45, 2.75) is 59.1 Å². The number of nitriles is 1. The molecule has 0 bridgehead atoms. The minimum atomic E-state index is -0.451. The van der Waals surface area contributed by atoms with Gasteiger partial charge in [-0.2, -0.15) is 5.26 Å². The van der Waals surface area contributed by atoms with Gasteiger partial charge in [-0.15, -0.1) is 0 Å². The summed E-state index contributed by atoms with van der Waals surface area (Å²) in [6.45, 7) is 9.61. The Hall–Kier alpha value is -3.28. The Bertz CT molecular complexity index is 1160. The molecule has 4 N–H and O–H groups in total. The number of amides is 2. The lowest BCUT2D eigenvalue weighted by atomic mass is 9.49. The summed E-state index contributed by atoms with van der Waals surface area (Å²) in [4.78, 5) is 23.7. The Morgan fingerprint density at radius 2 is 1.74 bits per heavy atom. The lowest BCUT2D eigenvalue weighted by molar-refractivity contribution is -0.164. The Balaban J connectivity index is 1.49. The van der Waals surface area contributed by atoms with E-state index in [1.165, 1.54) is 0 Å². The largest absolute Gasteiger partial charge is 0.489 e. The highest BCUT2D eigenvalue weighted by molar-refractivity contribution is 6.31. The molecule has 0 unspecified atom stereocenters. The Kier molecular flexibility index (Phi) is 9.64. The average Bonchev–Trinajstić information content (AvgIpc) is 2.87. The van der Waals surface area contributed by atoms with E-state index >= 15 is 0 Å². The number of carbonyl (C=O) groups is 2. The third kappa shape index (κ3) is 6.97. The zero-order valence-electron chi connectivity index (χ0n) is 22.5. The summed E-state index contributed by atoms with van der Waals surface area (Å²) in [5.74, 6) is 0.0236. The number of carbonyl (C=O) groups excluding carboxylic acids is 2. The fourth-order valence-corrected chi connectivity index (χ4v) is 5.67. The molecule has 1 saturated carbocycles. The van der Waals surface area contributed by atoms with Gasteiger partial charge in [0.25, 0.3) is 5.91 Å². The molecule has 1 aliphatic carbocycles. The molecule has 0 atom stereocenters. The van der Waals surface area contributed by atoms with Crippen LogP contribution in [-0.4, -0.2) is 43.7 Å². The average molecular weight is 541 g/mol. The minimum absolute atomic E-state index is 0.0315. The van der Waals surface area contributed by atoms with Crippen LogP contribution in [0.5, 0.6) is 5.75 Å². The fraction of sp³-hybridized carbons (Fsp3) is 0.483. The molecule has 1 fully saturated rings. The van der Waals surface area contributed by atoms with Crippen LogP contribution in [0.1, 0.15) is 62.9 Å². The van der Waals surface area contributed by atoms with Crippen LogP contribution >= 0.6 is 11.6 Å². The normalized spacial score (nSPS) is 19.1. The summed E-state index contributed by atoms with van der Waals surface area (Å²) in [6, 6.07) is 14.5. The second-order valence-electron chi connectivity index (χ2n) is 10.9. The van der Waals surface area contributed by atoms with Crippen LogP contribution < -0.4 is 21.1 Å². The van der Waals surface area contributed by atoms with Gasteiger partial charge in [-0.3, -0.25) is 9.59 Å². The van der Waals surface area contributed by atoms with Crippen molar-refractivity contribution >= 4 is 29.1 Å². The number of rotatable bonds is 13. The Morgan fingerprint density at radius 3 is 2.34 bits per heavy atom. The van der Waals surface area contributed by atoms with Gasteiger partial charge < -0.3 is 25.8 Å². The summed E-state index contributed by atoms with van der Waals surface area (Å²) in [7, 11) is 0. The molecule has 204 valence electrons. The first-order chi connectivity index (χ1) is 18.0. The molecule has 2 aromatic rings. The van der Waals surface area contributed by atoms with E-state index in [1.807, 2.05) is 24.3 Å². The lowest BCUT2D eigenvalue weighted by Crippen LogP contribution is -2.74. The van der Waals surface area contributed by atoms with Crippen molar-refractivity contribution in [3.63, 3.8) is 0 Å². The number of unbranched alkanes of at least 4 members (excludes halogenated alkanes) is 2. The summed E-state index contributed by atoms with van der Waals surface area (Å²) in [6.07, 6.45) is 2.65. The third-order valence-corrected chi connectivity index (χ3v) is 7.43. The number of hydrogen-bond acceptors (Lipinski definition) is 6. The molecule has 3 rings (SSSR count). The summed E-state index contributed by atoms with van der Waals surface area (Å²) in [5.41, 5.74) is 6.33. The summed E-state index contributed by atoms with van der Waals surface area (Å²) < 4.78 is 11.5. The SMILES string of the molecule is CC1(C)[C@H](NC(=O)c2ccc(NCCCCCOCC(N)=O)cc2)C(C)(C)[C@H]1Oc1ccc(C#N)c(Cl)c1. The molecule has 1 aliphatic rings. The Morgan fingerprint density at radius 1 is 1.05 bits per heavy atom. The molecule has 38 heavy (non-hydrogen) atoms. The van der Waals surface area contributed by atoms with Crippen molar-refractivity contribution in [3.8, 4) is 11.8 Å². The van der Waals surface area contributed by atoms with Gasteiger partial charge in [0.15, 0.2) is 0 Å². The van der Waals surface area contributed by atoms with Crippen LogP contribution in [0.3, 0.4) is 0 Å². The number of nitrogens with two attached hydrogens (primary N) is 1. The number of nitrogens with zero attached hydrogens (tertiary/aromatic N) is 1. The highest BCUT2D eigenvalue weighted by Crippen LogP contribution is 2.55. The summed E-state index contributed by atoms with van der Waals surface area (Å²) in [5, 5.41) is 16.0. The van der Waals surface area contributed by atoms with Crippen molar-refractivity contribution < 1.29 is 19.1 Å². The molecule has 0 saturated heterocycles. The Labute approximate surface area is 229 Å². The van der Waals surface area contributed by atoms with E-state index in [-0.39, 0.29) is 35.5 Å². The second-order valence-corrected chi connectivity index (χ2v) is 11.3. The van der Waals surface area contributed by atoms with Crippen molar-refractivity contribution in [1.82, 2.24) is 5.32 Å². The quantitative estimate of drug-likeness (QED) is 0.310. The predicted molar refractivity (Wildman–Crippen MR) is 148 cm³/mol. The van der Waals surface area contributed by atoms with E-state index in [9.17, 15) is 9.59 Å². The molecular formula is C29H37ClN4O4. The highest BCUT2D eigenvalue weighted by Gasteiger charge is 2.64. The standard InChI is InChI=1S/C29H37ClN4O4/c1-28(2)26(29(3,4)27(28)38-22-13-10-20(17-31)23(30)16-22)34-25(36)19-8-11-21(12-9-19)33-14-6-5-7-15-37-18-24(32)35/h8-13,16,26-27,33H,5-7,14-15,18H2,1-4H3,(H2,32,35)(H,34,36)/t26-,27-. The van der Waals surface area contributed by atoms with E-state index in [1.54, 1.807) is 18.2 Å². The molecule has 2 amide bonds. The van der Waals surface area contributed by atoms with Crippen LogP contribution in [0.4, 0.5) is 5.69 Å². The topological polar surface area (TPSA) is 126 Å². The van der Waals surface area contributed by atoms with Gasteiger partial charge in [0.1, 0.15) is 24.5 Å². The molecule has 0 aliphatic heterocycles. The monoisotopic (exact) mass is 540 g/mol. The molecule has 2 aromatic carbocycles. The first kappa shape index (κ1) is 29.3. The van der Waals surface area contributed by atoms with Gasteiger partial charge in [-0.05, 0) is 55.7 Å². The second kappa shape index (κ2) is 12.5. The zero-order valence-corrected chi connectivity index (χ0v) is 23.2. The number of nitrogens with one attached hydrogen (secondary N) is 2. The molecule has 0 heterocycles. The van der Waals surface area contributed by atoms with Crippen LogP contribution in [0.2, 0.25) is 5.02 Å². The number of anilines is 1. The lowest BCUT2D eigenvalue weighted by Gasteiger charge is -2.63. The van der Waals surface area contributed by atoms with Gasteiger partial charge in [-0.1, -0.05) is 39.3 Å². The highest BCUT2D eigenvalue weighted by atomic mass is 35.5. The molecule has 9 heteroatoms. The summed E-state index contributed by atoms with van der Waals surface area (Å²) >= 11 is 6.18. The van der Waals surface area contributed by atoms with Gasteiger partial charge in [0.05, 0.1) is 10.6 Å². The first-order valence-corrected chi connectivity index (χ1v) is 13.2. The number of halogens is 1. The minimum Gasteiger partial charge on any atom is -0.489 e. The van der Waals surface area contributed by atoms with E-state index in [0.29, 0.717) is 28.5 Å². The zero-order chi connectivity index (χ0) is 27.9. The van der Waals surface area contributed by atoms with Gasteiger partial charge in [0.2, 0.25) is 5.91 Å². The van der Waals surface area contributed by atoms with E-state index in [0.717, 1.165) is 31.5 Å². The van der Waals surface area contributed by atoms with Gasteiger partial charge >= 0.3 is 0 Å². The van der Waals surface area contributed by atoms with E-state index < -0.39 is 5.91 Å². The van der Waals surface area contributed by atoms with E-state index in [4.69, 9.17) is 32.1 Å². The van der Waals surface area contributed by atoms with Crippen molar-refractivity contribution in [3.05, 3.63) is 58.6 Å². The third-order valence-electron chi connectivity index (χ3n) is 7.12. The maximum atomic E-state index is 13.1. The molecule has 0 spiro atoms. The van der Waals surface area contributed by atoms with E-state index in [2.05, 4.69) is 44.4 Å². The van der Waals surface area contributed by atoms with Gasteiger partial charge in [0, 0.05) is 47.3 Å². The van der Waals surface area contributed by atoms with Crippen molar-refractivity contribution in [1.29, 1.82) is 5.26 Å². The molecule has 8 nitrogen and oxygen atoms in total. The number of benzene rings is 2. The smallest absolute Gasteiger partial charge is 0.251 e. The van der Waals surface area contributed by atoms with Crippen molar-refractivity contribution in [2.24, 2.45) is 16.6 Å². The van der Waals surface area contributed by atoms with Gasteiger partial charge in [-0.25, -0.2) is 0 Å². The van der Waals surface area contributed by atoms with Crippen LogP contribution in [0.15, 0.2) is 42.5 Å². The first-order valence-electron chi connectivity index (χ1n) is 12.8. The number of ether oxygens (including phenoxy) is 2. The maximum absolute atomic E-state index is 13.1. The van der Waals surface area contributed by atoms with Crippen LogP contribution in [-0.2, 0) is 9.53 Å². The van der Waals surface area contributed by atoms with Crippen LogP contribution in [0.25, 0.3) is 0 Å². The fourth-order valence-electron chi connectivity index (χ4n) is 5.46. The molecular weight excluding hydrogens is 504 g/mol. The molecule has 0 aromatic heterocycles.